The Balaban J connectivity index is 1.66. The number of methoxy groups -OCH3 is 1. The van der Waals surface area contributed by atoms with Crippen LogP contribution in [0.15, 0.2) is 53.7 Å². The molecule has 23 heavy (non-hydrogen) atoms. The monoisotopic (exact) mass is 314 g/mol. The summed E-state index contributed by atoms with van der Waals surface area (Å²) >= 11 is 0. The van der Waals surface area contributed by atoms with E-state index in [0.717, 1.165) is 5.56 Å². The van der Waals surface area contributed by atoms with Crippen LogP contribution in [0.2, 0.25) is 0 Å². The van der Waals surface area contributed by atoms with Crippen molar-refractivity contribution in [2.45, 2.75) is 12.5 Å². The lowest BCUT2D eigenvalue weighted by atomic mass is 10.0. The number of nitrogens with zero attached hydrogens (tertiary/aromatic N) is 1. The number of amides is 1. The lowest BCUT2D eigenvalue weighted by Crippen LogP contribution is -2.28. The third-order valence-electron chi connectivity index (χ3n) is 3.49. The van der Waals surface area contributed by atoms with Crippen molar-refractivity contribution < 1.29 is 18.8 Å². The molecule has 0 saturated heterocycles. The summed E-state index contributed by atoms with van der Waals surface area (Å²) in [6.45, 7) is 0. The van der Waals surface area contributed by atoms with E-state index in [2.05, 4.69) is 10.5 Å². The molecule has 1 atom stereocenters. The zero-order chi connectivity index (χ0) is 16.2. The van der Waals surface area contributed by atoms with E-state index in [1.807, 2.05) is 24.3 Å². The van der Waals surface area contributed by atoms with Crippen molar-refractivity contribution >= 4 is 17.3 Å². The number of carbonyl (C=O) groups is 1. The molecule has 1 heterocycles. The number of hydrogen-bond donors (Lipinski definition) is 1. The van der Waals surface area contributed by atoms with Crippen LogP contribution in [0.4, 0.5) is 10.1 Å². The zero-order valence-corrected chi connectivity index (χ0v) is 12.5. The SMILES string of the molecule is COc1ccccc1C1=NOC(C(=O)Nc2ccc(F)cc2)C1. The Morgan fingerprint density at radius 3 is 2.74 bits per heavy atom. The third-order valence-corrected chi connectivity index (χ3v) is 3.49. The van der Waals surface area contributed by atoms with Gasteiger partial charge >= 0.3 is 0 Å². The van der Waals surface area contributed by atoms with Gasteiger partial charge in [0.05, 0.1) is 12.8 Å². The van der Waals surface area contributed by atoms with Gasteiger partial charge in [-0.15, -0.1) is 0 Å². The van der Waals surface area contributed by atoms with Crippen LogP contribution >= 0.6 is 0 Å². The molecule has 0 aliphatic carbocycles. The summed E-state index contributed by atoms with van der Waals surface area (Å²) in [5, 5.41) is 6.67. The van der Waals surface area contributed by atoms with Gasteiger partial charge in [0, 0.05) is 17.7 Å². The minimum absolute atomic E-state index is 0.328. The lowest BCUT2D eigenvalue weighted by molar-refractivity contribution is -0.125. The van der Waals surface area contributed by atoms with E-state index in [1.54, 1.807) is 7.11 Å². The highest BCUT2D eigenvalue weighted by molar-refractivity contribution is 6.07. The van der Waals surface area contributed by atoms with E-state index in [9.17, 15) is 9.18 Å². The van der Waals surface area contributed by atoms with E-state index in [1.165, 1.54) is 24.3 Å². The second-order valence-corrected chi connectivity index (χ2v) is 5.03. The third kappa shape index (κ3) is 3.31. The standard InChI is InChI=1S/C17H15FN2O3/c1-22-15-5-3-2-4-13(15)14-10-16(23-20-14)17(21)19-12-8-6-11(18)7-9-12/h2-9,16H,10H2,1H3,(H,19,21). The Labute approximate surface area is 132 Å². The molecule has 1 unspecified atom stereocenters. The van der Waals surface area contributed by atoms with Crippen LogP contribution in [0, 0.1) is 5.82 Å². The highest BCUT2D eigenvalue weighted by Gasteiger charge is 2.30. The molecule has 5 nitrogen and oxygen atoms in total. The largest absolute Gasteiger partial charge is 0.496 e. The number of anilines is 1. The molecule has 1 amide bonds. The van der Waals surface area contributed by atoms with E-state index < -0.39 is 6.10 Å². The first-order valence-electron chi connectivity index (χ1n) is 7.10. The van der Waals surface area contributed by atoms with Gasteiger partial charge in [0.2, 0.25) is 6.10 Å². The molecule has 2 aromatic rings. The molecule has 0 aromatic heterocycles. The number of oxime groups is 1. The zero-order valence-electron chi connectivity index (χ0n) is 12.5. The number of hydrogen-bond acceptors (Lipinski definition) is 4. The number of nitrogens with one attached hydrogen (secondary N) is 1. The molecule has 0 radical (unpaired) electrons. The smallest absolute Gasteiger partial charge is 0.268 e. The van der Waals surface area contributed by atoms with Gasteiger partial charge in [-0.3, -0.25) is 4.79 Å². The summed E-state index contributed by atoms with van der Waals surface area (Å²) < 4.78 is 18.2. The van der Waals surface area contributed by atoms with Crippen LogP contribution in [0.25, 0.3) is 0 Å². The van der Waals surface area contributed by atoms with Crippen molar-refractivity contribution in [3.8, 4) is 5.75 Å². The van der Waals surface area contributed by atoms with E-state index in [4.69, 9.17) is 9.57 Å². The fraction of sp³-hybridized carbons (Fsp3) is 0.176. The molecule has 1 N–H and O–H groups in total. The lowest BCUT2D eigenvalue weighted by Gasteiger charge is -2.10. The molecule has 118 valence electrons. The van der Waals surface area contributed by atoms with Crippen molar-refractivity contribution in [3.63, 3.8) is 0 Å². The molecule has 1 aliphatic rings. The molecule has 6 heteroatoms. The van der Waals surface area contributed by atoms with Gasteiger partial charge < -0.3 is 14.9 Å². The van der Waals surface area contributed by atoms with Gasteiger partial charge in [-0.25, -0.2) is 4.39 Å². The van der Waals surface area contributed by atoms with Crippen molar-refractivity contribution in [2.24, 2.45) is 5.16 Å². The quantitative estimate of drug-likeness (QED) is 0.944. The molecular weight excluding hydrogens is 299 g/mol. The van der Waals surface area contributed by atoms with Gasteiger partial charge in [-0.2, -0.15) is 0 Å². The minimum atomic E-state index is -0.722. The Bertz CT molecular complexity index is 744. The van der Waals surface area contributed by atoms with Crippen molar-refractivity contribution in [1.29, 1.82) is 0 Å². The highest BCUT2D eigenvalue weighted by atomic mass is 19.1. The Morgan fingerprint density at radius 1 is 1.26 bits per heavy atom. The van der Waals surface area contributed by atoms with E-state index in [-0.39, 0.29) is 11.7 Å². The second-order valence-electron chi connectivity index (χ2n) is 5.03. The summed E-state index contributed by atoms with van der Waals surface area (Å²) in [6.07, 6.45) is -0.382. The van der Waals surface area contributed by atoms with Crippen molar-refractivity contribution in [2.75, 3.05) is 12.4 Å². The molecule has 2 aromatic carbocycles. The Hall–Kier alpha value is -2.89. The molecule has 0 spiro atoms. The van der Waals surface area contributed by atoms with Crippen LogP contribution in [-0.4, -0.2) is 24.8 Å². The second kappa shape index (κ2) is 6.48. The maximum Gasteiger partial charge on any atom is 0.268 e. The molecule has 0 saturated carbocycles. The Kier molecular flexibility index (Phi) is 4.23. The summed E-state index contributed by atoms with van der Waals surface area (Å²) in [6, 6.07) is 13.0. The number of para-hydroxylation sites is 1. The van der Waals surface area contributed by atoms with Crippen LogP contribution in [-0.2, 0) is 9.63 Å². The van der Waals surface area contributed by atoms with Gasteiger partial charge in [0.15, 0.2) is 0 Å². The maximum atomic E-state index is 12.9. The van der Waals surface area contributed by atoms with E-state index >= 15 is 0 Å². The van der Waals surface area contributed by atoms with Gasteiger partial charge in [0.1, 0.15) is 11.6 Å². The first-order chi connectivity index (χ1) is 11.2. The predicted octanol–water partition coefficient (Wildman–Crippen LogP) is 2.97. The summed E-state index contributed by atoms with van der Waals surface area (Å²) in [4.78, 5) is 17.4. The number of ether oxygens (including phenoxy) is 1. The molecule has 0 bridgehead atoms. The molecule has 3 rings (SSSR count). The molecule has 1 aliphatic heterocycles. The number of benzene rings is 2. The van der Waals surface area contributed by atoms with Crippen LogP contribution in [0.3, 0.4) is 0 Å². The number of halogens is 1. The summed E-state index contributed by atoms with van der Waals surface area (Å²) in [5.41, 5.74) is 1.96. The fourth-order valence-electron chi connectivity index (χ4n) is 2.32. The average molecular weight is 314 g/mol. The Morgan fingerprint density at radius 2 is 2.00 bits per heavy atom. The first-order valence-corrected chi connectivity index (χ1v) is 7.10. The first kappa shape index (κ1) is 15.0. The number of rotatable bonds is 4. The van der Waals surface area contributed by atoms with Gasteiger partial charge in [-0.05, 0) is 36.4 Å². The molecular formula is C17H15FN2O3. The van der Waals surface area contributed by atoms with Gasteiger partial charge in [0.25, 0.3) is 5.91 Å². The van der Waals surface area contributed by atoms with Gasteiger partial charge in [-0.1, -0.05) is 17.3 Å². The van der Waals surface area contributed by atoms with Crippen LogP contribution in [0.1, 0.15) is 12.0 Å². The van der Waals surface area contributed by atoms with Crippen molar-refractivity contribution in [3.05, 3.63) is 59.9 Å². The summed E-state index contributed by atoms with van der Waals surface area (Å²) in [7, 11) is 1.58. The topological polar surface area (TPSA) is 59.9 Å². The van der Waals surface area contributed by atoms with Crippen LogP contribution in [0.5, 0.6) is 5.75 Å². The van der Waals surface area contributed by atoms with Crippen LogP contribution < -0.4 is 10.1 Å². The number of carbonyl (C=O) groups excluding carboxylic acids is 1. The van der Waals surface area contributed by atoms with E-state index in [0.29, 0.717) is 23.6 Å². The predicted molar refractivity (Wildman–Crippen MR) is 84.1 cm³/mol. The normalized spacial score (nSPS) is 16.4. The average Bonchev–Trinajstić information content (AvgIpc) is 3.07. The fourth-order valence-corrected chi connectivity index (χ4v) is 2.32. The van der Waals surface area contributed by atoms with Crippen molar-refractivity contribution in [1.82, 2.24) is 0 Å². The molecule has 0 fully saturated rings. The minimum Gasteiger partial charge on any atom is -0.496 e. The summed E-state index contributed by atoms with van der Waals surface area (Å²) in [5.74, 6) is -0.0124. The highest BCUT2D eigenvalue weighted by Crippen LogP contribution is 2.25. The maximum absolute atomic E-state index is 12.9.